The van der Waals surface area contributed by atoms with Crippen LogP contribution >= 0.6 is 11.6 Å². The number of anilines is 1. The summed E-state index contributed by atoms with van der Waals surface area (Å²) < 4.78 is 1.83. The van der Waals surface area contributed by atoms with E-state index in [-0.39, 0.29) is 0 Å². The monoisotopic (exact) mass is 355 g/mol. The molecule has 25 heavy (non-hydrogen) atoms. The Morgan fingerprint density at radius 3 is 2.76 bits per heavy atom. The molecule has 0 aliphatic carbocycles. The highest BCUT2D eigenvalue weighted by Crippen LogP contribution is 2.28. The highest BCUT2D eigenvalue weighted by atomic mass is 35.5. The summed E-state index contributed by atoms with van der Waals surface area (Å²) >= 11 is 6.42. The molecule has 0 aromatic carbocycles. The Hall–Kier alpha value is -2.40. The maximum Gasteiger partial charge on any atom is 0.0921 e. The Morgan fingerprint density at radius 1 is 1.20 bits per heavy atom. The number of nitrogens with one attached hydrogen (secondary N) is 1. The number of hydrogen-bond donors (Lipinski definition) is 1. The van der Waals surface area contributed by atoms with Crippen LogP contribution in [-0.4, -0.2) is 25.8 Å². The normalized spacial score (nSPS) is 11.1. The molecule has 3 rings (SSSR count). The fourth-order valence-electron chi connectivity index (χ4n) is 2.65. The predicted octanol–water partition coefficient (Wildman–Crippen LogP) is 4.76. The van der Waals surface area contributed by atoms with E-state index in [1.54, 1.807) is 12.4 Å². The SMILES string of the molecule is CCCc1cc(-n2cc(-c3ncc(NC(C)C)cc3Cl)cn2)ccn1. The third kappa shape index (κ3) is 4.17. The van der Waals surface area contributed by atoms with Crippen molar-refractivity contribution in [1.82, 2.24) is 19.7 Å². The first-order valence-electron chi connectivity index (χ1n) is 8.49. The molecule has 3 aromatic rings. The predicted molar refractivity (Wildman–Crippen MR) is 102 cm³/mol. The maximum absolute atomic E-state index is 6.42. The van der Waals surface area contributed by atoms with E-state index in [4.69, 9.17) is 11.6 Å². The quantitative estimate of drug-likeness (QED) is 0.692. The van der Waals surface area contributed by atoms with Gasteiger partial charge in [0.2, 0.25) is 0 Å². The van der Waals surface area contributed by atoms with Crippen molar-refractivity contribution in [2.75, 3.05) is 5.32 Å². The molecule has 5 nitrogen and oxygen atoms in total. The summed E-state index contributed by atoms with van der Waals surface area (Å²) in [5.41, 5.74) is 4.57. The van der Waals surface area contributed by atoms with Crippen LogP contribution in [0, 0.1) is 0 Å². The summed E-state index contributed by atoms with van der Waals surface area (Å²) in [5, 5.41) is 8.35. The second kappa shape index (κ2) is 7.66. The molecule has 0 fully saturated rings. The molecule has 0 bridgehead atoms. The molecule has 0 aliphatic rings. The Kier molecular flexibility index (Phi) is 5.34. The molecule has 1 N–H and O–H groups in total. The van der Waals surface area contributed by atoms with Gasteiger partial charge in [0.1, 0.15) is 0 Å². The van der Waals surface area contributed by atoms with Gasteiger partial charge in [0, 0.05) is 29.7 Å². The van der Waals surface area contributed by atoms with Crippen molar-refractivity contribution in [3.8, 4) is 16.9 Å². The molecule has 0 saturated carbocycles. The van der Waals surface area contributed by atoms with Crippen LogP contribution in [0.3, 0.4) is 0 Å². The lowest BCUT2D eigenvalue weighted by Crippen LogP contribution is -2.09. The van der Waals surface area contributed by atoms with Crippen molar-refractivity contribution in [1.29, 1.82) is 0 Å². The standard InChI is InChI=1S/C19H22ClN5/c1-4-5-15-8-17(6-7-21-15)25-12-14(10-23-25)19-18(20)9-16(11-22-19)24-13(2)3/h6-13,24H,4-5H2,1-3H3. The molecule has 0 amide bonds. The second-order valence-electron chi connectivity index (χ2n) is 6.28. The van der Waals surface area contributed by atoms with Crippen molar-refractivity contribution in [2.24, 2.45) is 0 Å². The molecule has 0 unspecified atom stereocenters. The summed E-state index contributed by atoms with van der Waals surface area (Å²) in [6, 6.07) is 6.23. The van der Waals surface area contributed by atoms with E-state index in [2.05, 4.69) is 47.2 Å². The zero-order valence-electron chi connectivity index (χ0n) is 14.7. The zero-order valence-corrected chi connectivity index (χ0v) is 15.5. The summed E-state index contributed by atoms with van der Waals surface area (Å²) in [5.74, 6) is 0. The minimum atomic E-state index is 0.329. The highest BCUT2D eigenvalue weighted by molar-refractivity contribution is 6.33. The van der Waals surface area contributed by atoms with Crippen molar-refractivity contribution in [3.63, 3.8) is 0 Å². The van der Waals surface area contributed by atoms with Gasteiger partial charge in [-0.15, -0.1) is 0 Å². The van der Waals surface area contributed by atoms with Gasteiger partial charge in [0.25, 0.3) is 0 Å². The molecule has 3 heterocycles. The number of rotatable bonds is 6. The topological polar surface area (TPSA) is 55.6 Å². The number of hydrogen-bond acceptors (Lipinski definition) is 4. The molecular weight excluding hydrogens is 334 g/mol. The van der Waals surface area contributed by atoms with Crippen LogP contribution in [-0.2, 0) is 6.42 Å². The average molecular weight is 356 g/mol. The number of aromatic nitrogens is 4. The van der Waals surface area contributed by atoms with E-state index in [1.165, 1.54) is 0 Å². The van der Waals surface area contributed by atoms with E-state index in [9.17, 15) is 0 Å². The second-order valence-corrected chi connectivity index (χ2v) is 6.69. The third-order valence-electron chi connectivity index (χ3n) is 3.72. The molecule has 0 aliphatic heterocycles. The van der Waals surface area contributed by atoms with E-state index >= 15 is 0 Å². The van der Waals surface area contributed by atoms with Gasteiger partial charge < -0.3 is 5.32 Å². The van der Waals surface area contributed by atoms with Crippen LogP contribution in [0.15, 0.2) is 43.0 Å². The van der Waals surface area contributed by atoms with Gasteiger partial charge in [0.05, 0.1) is 34.5 Å². The molecule has 0 atom stereocenters. The molecule has 6 heteroatoms. The summed E-state index contributed by atoms with van der Waals surface area (Å²) in [6.07, 6.45) is 9.36. The number of halogens is 1. The molecular formula is C19H22ClN5. The minimum Gasteiger partial charge on any atom is -0.382 e. The van der Waals surface area contributed by atoms with Gasteiger partial charge in [-0.3, -0.25) is 9.97 Å². The maximum atomic E-state index is 6.42. The van der Waals surface area contributed by atoms with Gasteiger partial charge in [-0.1, -0.05) is 24.9 Å². The number of aryl methyl sites for hydroxylation is 1. The lowest BCUT2D eigenvalue weighted by molar-refractivity contribution is 0.848. The Bertz CT molecular complexity index is 857. The molecule has 130 valence electrons. The van der Waals surface area contributed by atoms with Crippen LogP contribution in [0.4, 0.5) is 5.69 Å². The third-order valence-corrected chi connectivity index (χ3v) is 4.01. The lowest BCUT2D eigenvalue weighted by atomic mass is 10.2. The van der Waals surface area contributed by atoms with Crippen LogP contribution in [0.2, 0.25) is 5.02 Å². The average Bonchev–Trinajstić information content (AvgIpc) is 3.05. The summed E-state index contributed by atoms with van der Waals surface area (Å²) in [4.78, 5) is 8.88. The Balaban J connectivity index is 1.87. The van der Waals surface area contributed by atoms with E-state index in [0.717, 1.165) is 41.2 Å². The number of pyridine rings is 2. The fraction of sp³-hybridized carbons (Fsp3) is 0.316. The van der Waals surface area contributed by atoms with Gasteiger partial charge in [-0.2, -0.15) is 5.10 Å². The van der Waals surface area contributed by atoms with Crippen molar-refractivity contribution in [2.45, 2.75) is 39.7 Å². The molecule has 0 spiro atoms. The highest BCUT2D eigenvalue weighted by Gasteiger charge is 2.10. The molecule has 0 radical (unpaired) electrons. The van der Waals surface area contributed by atoms with Gasteiger partial charge >= 0.3 is 0 Å². The number of nitrogens with zero attached hydrogens (tertiary/aromatic N) is 4. The summed E-state index contributed by atoms with van der Waals surface area (Å²) in [6.45, 7) is 6.30. The molecule has 3 aromatic heterocycles. The van der Waals surface area contributed by atoms with Crippen LogP contribution in [0.5, 0.6) is 0 Å². The van der Waals surface area contributed by atoms with Crippen LogP contribution in [0.1, 0.15) is 32.9 Å². The van der Waals surface area contributed by atoms with Crippen molar-refractivity contribution in [3.05, 3.63) is 53.7 Å². The fourth-order valence-corrected chi connectivity index (χ4v) is 2.93. The molecule has 0 saturated heterocycles. The Labute approximate surface area is 153 Å². The Morgan fingerprint density at radius 2 is 2.04 bits per heavy atom. The van der Waals surface area contributed by atoms with E-state index < -0.39 is 0 Å². The zero-order chi connectivity index (χ0) is 17.8. The van der Waals surface area contributed by atoms with E-state index in [1.807, 2.05) is 29.2 Å². The first kappa shape index (κ1) is 17.4. The van der Waals surface area contributed by atoms with E-state index in [0.29, 0.717) is 11.1 Å². The largest absolute Gasteiger partial charge is 0.382 e. The van der Waals surface area contributed by atoms with Gasteiger partial charge in [-0.05, 0) is 38.5 Å². The smallest absolute Gasteiger partial charge is 0.0921 e. The lowest BCUT2D eigenvalue weighted by Gasteiger charge is -2.10. The minimum absolute atomic E-state index is 0.329. The van der Waals surface area contributed by atoms with Crippen molar-refractivity contribution >= 4 is 17.3 Å². The van der Waals surface area contributed by atoms with Gasteiger partial charge in [-0.25, -0.2) is 4.68 Å². The van der Waals surface area contributed by atoms with Crippen LogP contribution in [0.25, 0.3) is 16.9 Å². The van der Waals surface area contributed by atoms with Crippen molar-refractivity contribution < 1.29 is 0 Å². The first-order chi connectivity index (χ1) is 12.1. The summed E-state index contributed by atoms with van der Waals surface area (Å²) in [7, 11) is 0. The van der Waals surface area contributed by atoms with Gasteiger partial charge in [0.15, 0.2) is 0 Å². The van der Waals surface area contributed by atoms with Crippen LogP contribution < -0.4 is 5.32 Å². The first-order valence-corrected chi connectivity index (χ1v) is 8.87.